The van der Waals surface area contributed by atoms with Crippen LogP contribution in [0.4, 0.5) is 10.5 Å². The predicted molar refractivity (Wildman–Crippen MR) is 155 cm³/mol. The highest BCUT2D eigenvalue weighted by Crippen LogP contribution is 2.30. The van der Waals surface area contributed by atoms with Gasteiger partial charge in [-0.2, -0.15) is 0 Å². The number of anilines is 1. The fraction of sp³-hybridized carbons (Fsp3) is 0.484. The van der Waals surface area contributed by atoms with Gasteiger partial charge in [0.25, 0.3) is 11.5 Å². The summed E-state index contributed by atoms with van der Waals surface area (Å²) in [6, 6.07) is 12.6. The van der Waals surface area contributed by atoms with Crippen molar-refractivity contribution in [2.75, 3.05) is 18.4 Å². The summed E-state index contributed by atoms with van der Waals surface area (Å²) in [4.78, 5) is 56.7. The predicted octanol–water partition coefficient (Wildman–Crippen LogP) is 4.27. The average molecular weight is 544 g/mol. The van der Waals surface area contributed by atoms with Crippen molar-refractivity contribution in [3.05, 3.63) is 74.4 Å². The van der Waals surface area contributed by atoms with Crippen molar-refractivity contribution in [3.63, 3.8) is 0 Å². The van der Waals surface area contributed by atoms with Gasteiger partial charge in [-0.05, 0) is 73.8 Å². The first kappa shape index (κ1) is 26.3. The molecule has 6 rings (SSSR count). The number of likely N-dealkylation sites (tertiary alicyclic amines) is 1. The molecule has 1 unspecified atom stereocenters. The molecule has 210 valence electrons. The number of aromatic nitrogens is 2. The van der Waals surface area contributed by atoms with Crippen LogP contribution in [0, 0.1) is 11.8 Å². The minimum absolute atomic E-state index is 0.0309. The van der Waals surface area contributed by atoms with Crippen molar-refractivity contribution >= 4 is 28.5 Å². The number of benzene rings is 2. The Balaban J connectivity index is 1.22. The number of piperidine rings is 1. The molecular formula is C31H37N5O4. The van der Waals surface area contributed by atoms with E-state index in [1.54, 1.807) is 27.7 Å². The molecule has 9 heteroatoms. The molecular weight excluding hydrogens is 506 g/mol. The van der Waals surface area contributed by atoms with Gasteiger partial charge in [0.2, 0.25) is 0 Å². The second-order valence-electron chi connectivity index (χ2n) is 12.0. The van der Waals surface area contributed by atoms with Crippen molar-refractivity contribution in [1.82, 2.24) is 18.9 Å². The zero-order valence-corrected chi connectivity index (χ0v) is 23.3. The molecule has 1 aromatic heterocycles. The SMILES string of the molecule is CC(C)CCn1c(=O)n(CC2CC2)c(=O)c2cc(NC(=O)N3CCCC(N4Cc5ccccc5C4=O)C3)ccc21. The second kappa shape index (κ2) is 10.6. The van der Waals surface area contributed by atoms with Gasteiger partial charge in [0.05, 0.1) is 16.9 Å². The Hall–Kier alpha value is -3.88. The van der Waals surface area contributed by atoms with E-state index < -0.39 is 0 Å². The number of carbonyl (C=O) groups excluding carboxylic acids is 2. The maximum atomic E-state index is 13.4. The minimum Gasteiger partial charge on any atom is -0.330 e. The Kier molecular flexibility index (Phi) is 6.98. The van der Waals surface area contributed by atoms with Gasteiger partial charge in [0.1, 0.15) is 0 Å². The first-order chi connectivity index (χ1) is 19.3. The lowest BCUT2D eigenvalue weighted by atomic mass is 10.0. The number of nitrogens with zero attached hydrogens (tertiary/aromatic N) is 4. The van der Waals surface area contributed by atoms with Gasteiger partial charge in [0, 0.05) is 44.0 Å². The fourth-order valence-electron chi connectivity index (χ4n) is 5.99. The summed E-state index contributed by atoms with van der Waals surface area (Å²) in [7, 11) is 0. The fourth-order valence-corrected chi connectivity index (χ4v) is 5.99. The quantitative estimate of drug-likeness (QED) is 0.481. The second-order valence-corrected chi connectivity index (χ2v) is 12.0. The number of hydrogen-bond acceptors (Lipinski definition) is 4. The van der Waals surface area contributed by atoms with Crippen LogP contribution >= 0.6 is 0 Å². The highest BCUT2D eigenvalue weighted by Gasteiger charge is 2.35. The van der Waals surface area contributed by atoms with Crippen LogP contribution in [0.5, 0.6) is 0 Å². The summed E-state index contributed by atoms with van der Waals surface area (Å²) in [6.07, 6.45) is 4.57. The maximum absolute atomic E-state index is 13.4. The highest BCUT2D eigenvalue weighted by atomic mass is 16.2. The van der Waals surface area contributed by atoms with Crippen LogP contribution in [0.25, 0.3) is 10.9 Å². The topological polar surface area (TPSA) is 96.6 Å². The van der Waals surface area contributed by atoms with E-state index in [0.717, 1.165) is 43.2 Å². The number of fused-ring (bicyclic) bond motifs is 2. The summed E-state index contributed by atoms with van der Waals surface area (Å²) >= 11 is 0. The van der Waals surface area contributed by atoms with Crippen molar-refractivity contribution in [3.8, 4) is 0 Å². The van der Waals surface area contributed by atoms with Gasteiger partial charge >= 0.3 is 11.7 Å². The lowest BCUT2D eigenvalue weighted by Crippen LogP contribution is -2.51. The van der Waals surface area contributed by atoms with E-state index in [9.17, 15) is 19.2 Å². The molecule has 3 heterocycles. The number of carbonyl (C=O) groups is 2. The Labute approximate surface area is 233 Å². The van der Waals surface area contributed by atoms with Gasteiger partial charge < -0.3 is 15.1 Å². The lowest BCUT2D eigenvalue weighted by molar-refractivity contribution is 0.0608. The van der Waals surface area contributed by atoms with E-state index in [4.69, 9.17) is 0 Å². The molecule has 2 aromatic carbocycles. The van der Waals surface area contributed by atoms with E-state index in [1.165, 1.54) is 4.57 Å². The monoisotopic (exact) mass is 543 g/mol. The molecule has 0 radical (unpaired) electrons. The van der Waals surface area contributed by atoms with Gasteiger partial charge in [-0.1, -0.05) is 32.0 Å². The molecule has 0 bridgehead atoms. The standard InChI is InChI=1S/C31H37N5O4/c1-20(2)13-15-34-27-12-11-23(16-26(27)29(38)36(31(34)40)17-21-9-10-21)32-30(39)33-14-5-7-24(19-33)35-18-22-6-3-4-8-25(22)28(35)37/h3-4,6,8,11-12,16,20-21,24H,5,7,9-10,13-15,17-19H2,1-2H3,(H,32,39). The molecule has 3 aliphatic rings. The highest BCUT2D eigenvalue weighted by molar-refractivity contribution is 5.98. The van der Waals surface area contributed by atoms with Crippen molar-refractivity contribution < 1.29 is 9.59 Å². The zero-order chi connectivity index (χ0) is 28.0. The molecule has 40 heavy (non-hydrogen) atoms. The van der Waals surface area contributed by atoms with Crippen LogP contribution in [0.15, 0.2) is 52.1 Å². The summed E-state index contributed by atoms with van der Waals surface area (Å²) in [5.41, 5.74) is 2.36. The molecule has 2 aliphatic heterocycles. The largest absolute Gasteiger partial charge is 0.331 e. The van der Waals surface area contributed by atoms with E-state index in [0.29, 0.717) is 61.1 Å². The summed E-state index contributed by atoms with van der Waals surface area (Å²) < 4.78 is 3.09. The van der Waals surface area contributed by atoms with Gasteiger partial charge in [-0.3, -0.25) is 18.7 Å². The van der Waals surface area contributed by atoms with Crippen LogP contribution in [0.2, 0.25) is 0 Å². The minimum atomic E-state index is -0.297. The molecule has 3 aromatic rings. The molecule has 1 saturated carbocycles. The van der Waals surface area contributed by atoms with Crippen molar-refractivity contribution in [2.45, 2.75) is 71.6 Å². The molecule has 3 amide bonds. The third-order valence-corrected chi connectivity index (χ3v) is 8.52. The maximum Gasteiger partial charge on any atom is 0.331 e. The first-order valence-corrected chi connectivity index (χ1v) is 14.5. The third-order valence-electron chi connectivity index (χ3n) is 8.52. The lowest BCUT2D eigenvalue weighted by Gasteiger charge is -2.37. The van der Waals surface area contributed by atoms with Gasteiger partial charge in [-0.15, -0.1) is 0 Å². The summed E-state index contributed by atoms with van der Waals surface area (Å²) in [5, 5.41) is 3.42. The van der Waals surface area contributed by atoms with E-state index in [1.807, 2.05) is 29.2 Å². The average Bonchev–Trinajstić information content (AvgIpc) is 3.72. The third kappa shape index (κ3) is 5.05. The summed E-state index contributed by atoms with van der Waals surface area (Å²) in [6.45, 7) is 6.86. The van der Waals surface area contributed by atoms with Crippen molar-refractivity contribution in [2.24, 2.45) is 11.8 Å². The Morgan fingerprint density at radius 3 is 2.58 bits per heavy atom. The Bertz CT molecular complexity index is 1580. The number of rotatable bonds is 7. The Morgan fingerprint density at radius 2 is 1.82 bits per heavy atom. The number of hydrogen-bond donors (Lipinski definition) is 1. The van der Waals surface area contributed by atoms with Crippen LogP contribution in [0.1, 0.15) is 61.9 Å². The normalized spacial score (nSPS) is 19.0. The van der Waals surface area contributed by atoms with Gasteiger partial charge in [0.15, 0.2) is 0 Å². The van der Waals surface area contributed by atoms with E-state index >= 15 is 0 Å². The van der Waals surface area contributed by atoms with Crippen LogP contribution < -0.4 is 16.6 Å². The number of nitrogens with one attached hydrogen (secondary N) is 1. The van der Waals surface area contributed by atoms with Gasteiger partial charge in [-0.25, -0.2) is 9.59 Å². The molecule has 9 nitrogen and oxygen atoms in total. The van der Waals surface area contributed by atoms with Crippen LogP contribution in [0.3, 0.4) is 0 Å². The van der Waals surface area contributed by atoms with Crippen LogP contribution in [-0.4, -0.2) is 50.0 Å². The number of amides is 3. The molecule has 1 N–H and O–H groups in total. The van der Waals surface area contributed by atoms with E-state index in [2.05, 4.69) is 19.2 Å². The Morgan fingerprint density at radius 1 is 1.02 bits per heavy atom. The molecule has 1 saturated heterocycles. The molecule has 1 aliphatic carbocycles. The molecule has 1 atom stereocenters. The number of urea groups is 1. The molecule has 2 fully saturated rings. The van der Waals surface area contributed by atoms with Crippen LogP contribution in [-0.2, 0) is 19.6 Å². The smallest absolute Gasteiger partial charge is 0.330 e. The summed E-state index contributed by atoms with van der Waals surface area (Å²) in [5.74, 6) is 0.831. The molecule has 0 spiro atoms. The van der Waals surface area contributed by atoms with Crippen molar-refractivity contribution in [1.29, 1.82) is 0 Å². The zero-order valence-electron chi connectivity index (χ0n) is 23.3. The van der Waals surface area contributed by atoms with E-state index in [-0.39, 0.29) is 29.2 Å². The number of aryl methyl sites for hydroxylation is 1. The first-order valence-electron chi connectivity index (χ1n) is 14.5.